The van der Waals surface area contributed by atoms with E-state index in [1.165, 1.54) is 24.3 Å². The molecular formula is C19H26N4OS. The molecule has 0 unspecified atom stereocenters. The Morgan fingerprint density at radius 3 is 2.44 bits per heavy atom. The first kappa shape index (κ1) is 17.1. The summed E-state index contributed by atoms with van der Waals surface area (Å²) in [6.07, 6.45) is 6.14. The van der Waals surface area contributed by atoms with E-state index in [-0.39, 0.29) is 0 Å². The zero-order valence-corrected chi connectivity index (χ0v) is 15.3. The Hall–Kier alpha value is -1.37. The summed E-state index contributed by atoms with van der Waals surface area (Å²) in [4.78, 5) is 2.67. The number of likely N-dealkylation sites (tertiary alicyclic amines) is 1. The van der Waals surface area contributed by atoms with E-state index >= 15 is 0 Å². The summed E-state index contributed by atoms with van der Waals surface area (Å²) in [5.41, 5.74) is 1.50. The molecule has 6 heteroatoms. The topological polar surface area (TPSA) is 54.2 Å². The molecule has 2 aromatic rings. The highest BCUT2D eigenvalue weighted by atomic mass is 32.2. The standard InChI is InChI=1S/C19H26N4OS/c24-19(15-4-2-1-3-5-15)18-14-23(21-20-18)17-6-10-22(11-7-17)16-8-12-25-13-9-16/h1-5,14,16-17,19,24H,6-13H2/t19-/m0/s1. The van der Waals surface area contributed by atoms with Crippen LogP contribution in [0, 0.1) is 0 Å². The van der Waals surface area contributed by atoms with Crippen LogP contribution in [0.25, 0.3) is 0 Å². The summed E-state index contributed by atoms with van der Waals surface area (Å²) in [6, 6.07) is 10.8. The van der Waals surface area contributed by atoms with Crippen molar-refractivity contribution in [2.75, 3.05) is 24.6 Å². The van der Waals surface area contributed by atoms with Gasteiger partial charge in [-0.2, -0.15) is 11.8 Å². The number of piperidine rings is 1. The van der Waals surface area contributed by atoms with Crippen molar-refractivity contribution in [3.63, 3.8) is 0 Å². The molecule has 0 bridgehead atoms. The highest BCUT2D eigenvalue weighted by Crippen LogP contribution is 2.29. The molecule has 1 N–H and O–H groups in total. The number of rotatable bonds is 4. The number of aliphatic hydroxyl groups is 1. The van der Waals surface area contributed by atoms with E-state index in [2.05, 4.69) is 27.0 Å². The molecule has 4 rings (SSSR count). The Bertz CT molecular complexity index is 663. The number of aromatic nitrogens is 3. The first-order chi connectivity index (χ1) is 12.3. The monoisotopic (exact) mass is 358 g/mol. The second-order valence-electron chi connectivity index (χ2n) is 7.05. The lowest BCUT2D eigenvalue weighted by Crippen LogP contribution is -2.43. The van der Waals surface area contributed by atoms with E-state index in [0.717, 1.165) is 37.5 Å². The predicted octanol–water partition coefficient (Wildman–Crippen LogP) is 2.89. The highest BCUT2D eigenvalue weighted by Gasteiger charge is 2.28. The van der Waals surface area contributed by atoms with Crippen molar-refractivity contribution in [2.45, 2.75) is 43.9 Å². The minimum atomic E-state index is -0.699. The van der Waals surface area contributed by atoms with Crippen LogP contribution in [0.2, 0.25) is 0 Å². The molecule has 0 amide bonds. The summed E-state index contributed by atoms with van der Waals surface area (Å²) in [7, 11) is 0. The Morgan fingerprint density at radius 2 is 1.72 bits per heavy atom. The van der Waals surface area contributed by atoms with Crippen molar-refractivity contribution >= 4 is 11.8 Å². The fraction of sp³-hybridized carbons (Fsp3) is 0.579. The Balaban J connectivity index is 1.36. The van der Waals surface area contributed by atoms with Crippen LogP contribution in [-0.4, -0.2) is 55.6 Å². The van der Waals surface area contributed by atoms with Gasteiger partial charge in [-0.1, -0.05) is 35.5 Å². The number of hydrogen-bond donors (Lipinski definition) is 1. The predicted molar refractivity (Wildman–Crippen MR) is 101 cm³/mol. The Labute approximate surface area is 153 Å². The molecule has 1 aromatic heterocycles. The van der Waals surface area contributed by atoms with Crippen molar-refractivity contribution in [1.82, 2.24) is 19.9 Å². The first-order valence-corrected chi connectivity index (χ1v) is 10.4. The molecule has 25 heavy (non-hydrogen) atoms. The molecule has 2 fully saturated rings. The van der Waals surface area contributed by atoms with Crippen molar-refractivity contribution in [3.8, 4) is 0 Å². The molecule has 5 nitrogen and oxygen atoms in total. The molecule has 3 heterocycles. The lowest BCUT2D eigenvalue weighted by Gasteiger charge is -2.39. The average molecular weight is 359 g/mol. The van der Waals surface area contributed by atoms with E-state index in [1.807, 2.05) is 41.2 Å². The van der Waals surface area contributed by atoms with Crippen LogP contribution in [-0.2, 0) is 0 Å². The lowest BCUT2D eigenvalue weighted by atomic mass is 10.0. The number of nitrogens with zero attached hydrogens (tertiary/aromatic N) is 4. The average Bonchev–Trinajstić information content (AvgIpc) is 3.19. The van der Waals surface area contributed by atoms with Crippen molar-refractivity contribution in [2.24, 2.45) is 0 Å². The van der Waals surface area contributed by atoms with Crippen LogP contribution in [0.5, 0.6) is 0 Å². The molecule has 0 aliphatic carbocycles. The molecule has 1 aromatic carbocycles. The minimum Gasteiger partial charge on any atom is -0.382 e. The van der Waals surface area contributed by atoms with Gasteiger partial charge in [0.2, 0.25) is 0 Å². The third-order valence-corrected chi connectivity index (χ3v) is 6.55. The smallest absolute Gasteiger partial charge is 0.124 e. The molecular weight excluding hydrogens is 332 g/mol. The third-order valence-electron chi connectivity index (χ3n) is 5.50. The van der Waals surface area contributed by atoms with E-state index < -0.39 is 6.10 Å². The summed E-state index contributed by atoms with van der Waals surface area (Å²) >= 11 is 2.09. The maximum absolute atomic E-state index is 10.5. The quantitative estimate of drug-likeness (QED) is 0.911. The number of benzene rings is 1. The van der Waals surface area contributed by atoms with Crippen LogP contribution in [0.4, 0.5) is 0 Å². The summed E-state index contributed by atoms with van der Waals surface area (Å²) in [5.74, 6) is 2.63. The molecule has 0 spiro atoms. The van der Waals surface area contributed by atoms with E-state index in [0.29, 0.717) is 11.7 Å². The van der Waals surface area contributed by atoms with Crippen molar-refractivity contribution in [1.29, 1.82) is 0 Å². The van der Waals surface area contributed by atoms with Crippen LogP contribution >= 0.6 is 11.8 Å². The molecule has 2 aliphatic rings. The van der Waals surface area contributed by atoms with Crippen LogP contribution in [0.3, 0.4) is 0 Å². The van der Waals surface area contributed by atoms with E-state index in [4.69, 9.17) is 0 Å². The Kier molecular flexibility index (Phi) is 5.39. The fourth-order valence-corrected chi connectivity index (χ4v) is 5.05. The molecule has 0 radical (unpaired) electrons. The molecule has 1 atom stereocenters. The van der Waals surface area contributed by atoms with Gasteiger partial charge < -0.3 is 10.0 Å². The van der Waals surface area contributed by atoms with E-state index in [1.54, 1.807) is 0 Å². The summed E-state index contributed by atoms with van der Waals surface area (Å²) < 4.78 is 1.97. The number of aliphatic hydroxyl groups excluding tert-OH is 1. The van der Waals surface area contributed by atoms with Crippen molar-refractivity contribution < 1.29 is 5.11 Å². The van der Waals surface area contributed by atoms with E-state index in [9.17, 15) is 5.11 Å². The molecule has 2 saturated heterocycles. The SMILES string of the molecule is O[C@@H](c1ccccc1)c1cn(C2CCN(C3CCSCC3)CC2)nn1. The van der Waals surface area contributed by atoms with Gasteiger partial charge in [0.1, 0.15) is 11.8 Å². The van der Waals surface area contributed by atoms with Gasteiger partial charge in [0.05, 0.1) is 12.2 Å². The summed E-state index contributed by atoms with van der Waals surface area (Å²) in [5, 5.41) is 19.0. The normalized spacial score (nSPS) is 22.1. The lowest BCUT2D eigenvalue weighted by molar-refractivity contribution is 0.123. The maximum atomic E-state index is 10.5. The van der Waals surface area contributed by atoms with Gasteiger partial charge in [-0.15, -0.1) is 5.10 Å². The van der Waals surface area contributed by atoms with Gasteiger partial charge in [0, 0.05) is 19.1 Å². The second-order valence-corrected chi connectivity index (χ2v) is 8.27. The molecule has 2 aliphatic heterocycles. The van der Waals surface area contributed by atoms with Crippen LogP contribution < -0.4 is 0 Å². The van der Waals surface area contributed by atoms with Crippen LogP contribution in [0.15, 0.2) is 36.5 Å². The van der Waals surface area contributed by atoms with Gasteiger partial charge in [0.25, 0.3) is 0 Å². The van der Waals surface area contributed by atoms with Gasteiger partial charge in [-0.3, -0.25) is 0 Å². The Morgan fingerprint density at radius 1 is 1.00 bits per heavy atom. The van der Waals surface area contributed by atoms with Gasteiger partial charge in [0.15, 0.2) is 0 Å². The number of thioether (sulfide) groups is 1. The highest BCUT2D eigenvalue weighted by molar-refractivity contribution is 7.99. The molecule has 134 valence electrons. The maximum Gasteiger partial charge on any atom is 0.124 e. The largest absolute Gasteiger partial charge is 0.382 e. The third kappa shape index (κ3) is 3.91. The minimum absolute atomic E-state index is 0.401. The van der Waals surface area contributed by atoms with Gasteiger partial charge in [-0.25, -0.2) is 4.68 Å². The van der Waals surface area contributed by atoms with Gasteiger partial charge >= 0.3 is 0 Å². The zero-order valence-electron chi connectivity index (χ0n) is 14.5. The summed E-state index contributed by atoms with van der Waals surface area (Å²) in [6.45, 7) is 2.30. The first-order valence-electron chi connectivity index (χ1n) is 9.28. The zero-order chi connectivity index (χ0) is 17.1. The van der Waals surface area contributed by atoms with Crippen molar-refractivity contribution in [3.05, 3.63) is 47.8 Å². The second kappa shape index (κ2) is 7.89. The number of hydrogen-bond acceptors (Lipinski definition) is 5. The fourth-order valence-electron chi connectivity index (χ4n) is 3.97. The van der Waals surface area contributed by atoms with Crippen LogP contribution in [0.1, 0.15) is 49.1 Å². The molecule has 0 saturated carbocycles. The van der Waals surface area contributed by atoms with Gasteiger partial charge in [-0.05, 0) is 42.8 Å².